The van der Waals surface area contributed by atoms with Gasteiger partial charge in [-0.1, -0.05) is 18.2 Å². The molecule has 1 aliphatic rings. The van der Waals surface area contributed by atoms with Crippen molar-refractivity contribution in [2.75, 3.05) is 6.61 Å². The molecular formula is C14H15NO. The molecule has 16 heavy (non-hydrogen) atoms. The lowest BCUT2D eigenvalue weighted by molar-refractivity contribution is 0.113. The molecule has 1 atom stereocenters. The molecule has 0 spiro atoms. The minimum Gasteiger partial charge on any atom is -0.374 e. The van der Waals surface area contributed by atoms with E-state index in [4.69, 9.17) is 4.74 Å². The average Bonchev–Trinajstić information content (AvgIpc) is 2.81. The van der Waals surface area contributed by atoms with E-state index in [1.54, 1.807) is 0 Å². The number of nitrogens with zero attached hydrogens (tertiary/aromatic N) is 1. The molecule has 2 heterocycles. The molecule has 0 bridgehead atoms. The van der Waals surface area contributed by atoms with Crippen LogP contribution in [0.2, 0.25) is 0 Å². The largest absolute Gasteiger partial charge is 0.374 e. The number of aromatic nitrogens is 1. The molecule has 1 aromatic heterocycles. The van der Waals surface area contributed by atoms with E-state index in [1.807, 2.05) is 13.0 Å². The fourth-order valence-electron chi connectivity index (χ4n) is 2.43. The van der Waals surface area contributed by atoms with E-state index >= 15 is 0 Å². The van der Waals surface area contributed by atoms with Crippen LogP contribution in [0.3, 0.4) is 0 Å². The molecule has 0 N–H and O–H groups in total. The smallest absolute Gasteiger partial charge is 0.0833 e. The van der Waals surface area contributed by atoms with Crippen molar-refractivity contribution < 1.29 is 4.74 Å². The summed E-state index contributed by atoms with van der Waals surface area (Å²) in [5.41, 5.74) is 3.46. The van der Waals surface area contributed by atoms with E-state index < -0.39 is 0 Å². The maximum Gasteiger partial charge on any atom is 0.0833 e. The molecule has 0 amide bonds. The molecule has 1 fully saturated rings. The second-order valence-electron chi connectivity index (χ2n) is 4.37. The summed E-state index contributed by atoms with van der Waals surface area (Å²) in [6, 6.07) is 10.5. The molecule has 1 unspecified atom stereocenters. The molecule has 1 saturated heterocycles. The summed E-state index contributed by atoms with van der Waals surface area (Å²) in [6.45, 7) is 2.94. The van der Waals surface area contributed by atoms with E-state index in [2.05, 4.69) is 29.2 Å². The summed E-state index contributed by atoms with van der Waals surface area (Å²) in [5.74, 6) is 0. The summed E-state index contributed by atoms with van der Waals surface area (Å²) < 4.78 is 5.77. The monoisotopic (exact) mass is 213 g/mol. The fraction of sp³-hybridized carbons (Fsp3) is 0.357. The summed E-state index contributed by atoms with van der Waals surface area (Å²) in [5, 5.41) is 1.24. The van der Waals surface area contributed by atoms with Crippen LogP contribution in [-0.2, 0) is 4.74 Å². The topological polar surface area (TPSA) is 22.1 Å². The Bertz CT molecular complexity index is 515. The Morgan fingerprint density at radius 2 is 2.19 bits per heavy atom. The first-order valence-electron chi connectivity index (χ1n) is 5.82. The van der Waals surface area contributed by atoms with Crippen LogP contribution in [0.25, 0.3) is 10.9 Å². The van der Waals surface area contributed by atoms with Gasteiger partial charge in [-0.15, -0.1) is 0 Å². The highest BCUT2D eigenvalue weighted by Crippen LogP contribution is 2.33. The second-order valence-corrected chi connectivity index (χ2v) is 4.37. The Morgan fingerprint density at radius 1 is 1.31 bits per heavy atom. The SMILES string of the molecule is Cc1cc(C2CCCO2)c2ccccc2n1. The predicted octanol–water partition coefficient (Wildman–Crippen LogP) is 3.39. The van der Waals surface area contributed by atoms with E-state index in [-0.39, 0.29) is 6.10 Å². The maximum absolute atomic E-state index is 5.77. The summed E-state index contributed by atoms with van der Waals surface area (Å²) in [7, 11) is 0. The van der Waals surface area contributed by atoms with Crippen molar-refractivity contribution in [2.45, 2.75) is 25.9 Å². The molecule has 2 nitrogen and oxygen atoms in total. The molecule has 1 aromatic carbocycles. The lowest BCUT2D eigenvalue weighted by atomic mass is 10.0. The third kappa shape index (κ3) is 1.59. The number of fused-ring (bicyclic) bond motifs is 1. The van der Waals surface area contributed by atoms with Gasteiger partial charge >= 0.3 is 0 Å². The second kappa shape index (κ2) is 3.87. The lowest BCUT2D eigenvalue weighted by Gasteiger charge is -2.13. The standard InChI is InChI=1S/C14H15NO/c1-10-9-12(14-7-4-8-16-14)11-5-2-3-6-13(11)15-10/h2-3,5-6,9,14H,4,7-8H2,1H3. The highest BCUT2D eigenvalue weighted by molar-refractivity contribution is 5.82. The summed E-state index contributed by atoms with van der Waals surface area (Å²) in [6.07, 6.45) is 2.57. The quantitative estimate of drug-likeness (QED) is 0.724. The third-order valence-corrected chi connectivity index (χ3v) is 3.15. The van der Waals surface area contributed by atoms with Crippen molar-refractivity contribution >= 4 is 10.9 Å². The Labute approximate surface area is 95.3 Å². The molecule has 0 saturated carbocycles. The number of ether oxygens (including phenoxy) is 1. The minimum absolute atomic E-state index is 0.270. The van der Waals surface area contributed by atoms with E-state index in [1.165, 1.54) is 17.4 Å². The number of para-hydroxylation sites is 1. The Morgan fingerprint density at radius 3 is 3.00 bits per heavy atom. The van der Waals surface area contributed by atoms with Crippen LogP contribution in [0.1, 0.15) is 30.2 Å². The number of hydrogen-bond acceptors (Lipinski definition) is 2. The highest BCUT2D eigenvalue weighted by atomic mass is 16.5. The number of aryl methyl sites for hydroxylation is 1. The van der Waals surface area contributed by atoms with Crippen LogP contribution >= 0.6 is 0 Å². The highest BCUT2D eigenvalue weighted by Gasteiger charge is 2.20. The number of benzene rings is 1. The Balaban J connectivity index is 2.21. The van der Waals surface area contributed by atoms with E-state index in [9.17, 15) is 0 Å². The molecule has 0 aliphatic carbocycles. The Kier molecular flexibility index (Phi) is 2.37. The normalized spacial score (nSPS) is 20.4. The molecule has 3 rings (SSSR count). The van der Waals surface area contributed by atoms with Gasteiger partial charge < -0.3 is 4.74 Å². The van der Waals surface area contributed by atoms with Crippen molar-refractivity contribution in [2.24, 2.45) is 0 Å². The minimum atomic E-state index is 0.270. The first-order chi connectivity index (χ1) is 7.84. The van der Waals surface area contributed by atoms with Gasteiger partial charge in [-0.3, -0.25) is 4.98 Å². The third-order valence-electron chi connectivity index (χ3n) is 3.15. The van der Waals surface area contributed by atoms with E-state index in [0.29, 0.717) is 0 Å². The van der Waals surface area contributed by atoms with Crippen molar-refractivity contribution in [1.29, 1.82) is 0 Å². The predicted molar refractivity (Wildman–Crippen MR) is 64.4 cm³/mol. The maximum atomic E-state index is 5.77. The number of rotatable bonds is 1. The number of hydrogen-bond donors (Lipinski definition) is 0. The van der Waals surface area contributed by atoms with Crippen molar-refractivity contribution in [3.05, 3.63) is 41.6 Å². The van der Waals surface area contributed by atoms with Crippen LogP contribution in [0, 0.1) is 6.92 Å². The molecule has 1 aliphatic heterocycles. The molecule has 0 radical (unpaired) electrons. The average molecular weight is 213 g/mol. The van der Waals surface area contributed by atoms with E-state index in [0.717, 1.165) is 24.2 Å². The summed E-state index contributed by atoms with van der Waals surface area (Å²) in [4.78, 5) is 4.55. The zero-order valence-corrected chi connectivity index (χ0v) is 9.44. The zero-order chi connectivity index (χ0) is 11.0. The Hall–Kier alpha value is -1.41. The van der Waals surface area contributed by atoms with Crippen LogP contribution in [0.15, 0.2) is 30.3 Å². The van der Waals surface area contributed by atoms with Gasteiger partial charge in [0.2, 0.25) is 0 Å². The van der Waals surface area contributed by atoms with Crippen LogP contribution in [0.4, 0.5) is 0 Å². The van der Waals surface area contributed by atoms with Crippen LogP contribution in [-0.4, -0.2) is 11.6 Å². The molecule has 2 heteroatoms. The van der Waals surface area contributed by atoms with Crippen molar-refractivity contribution in [3.8, 4) is 0 Å². The van der Waals surface area contributed by atoms with Crippen molar-refractivity contribution in [1.82, 2.24) is 4.98 Å². The van der Waals surface area contributed by atoms with Gasteiger partial charge in [0.25, 0.3) is 0 Å². The molecular weight excluding hydrogens is 198 g/mol. The molecule has 82 valence electrons. The van der Waals surface area contributed by atoms with Gasteiger partial charge in [0.05, 0.1) is 11.6 Å². The van der Waals surface area contributed by atoms with Crippen molar-refractivity contribution in [3.63, 3.8) is 0 Å². The van der Waals surface area contributed by atoms with Gasteiger partial charge in [-0.25, -0.2) is 0 Å². The molecule has 2 aromatic rings. The van der Waals surface area contributed by atoms with Gasteiger partial charge in [-0.05, 0) is 37.5 Å². The van der Waals surface area contributed by atoms with Gasteiger partial charge in [0.15, 0.2) is 0 Å². The van der Waals surface area contributed by atoms with Gasteiger partial charge in [0.1, 0.15) is 0 Å². The van der Waals surface area contributed by atoms with Crippen LogP contribution in [0.5, 0.6) is 0 Å². The number of pyridine rings is 1. The summed E-state index contributed by atoms with van der Waals surface area (Å²) >= 11 is 0. The first kappa shape index (κ1) is 9.79. The zero-order valence-electron chi connectivity index (χ0n) is 9.44. The van der Waals surface area contributed by atoms with Crippen LogP contribution < -0.4 is 0 Å². The fourth-order valence-corrected chi connectivity index (χ4v) is 2.43. The van der Waals surface area contributed by atoms with Gasteiger partial charge in [-0.2, -0.15) is 0 Å². The van der Waals surface area contributed by atoms with Gasteiger partial charge in [0, 0.05) is 17.7 Å². The first-order valence-corrected chi connectivity index (χ1v) is 5.82. The lowest BCUT2D eigenvalue weighted by Crippen LogP contribution is -1.99.